The van der Waals surface area contributed by atoms with Crippen LogP contribution < -0.4 is 0 Å². The first kappa shape index (κ1) is 70.9. The standard InChI is InChI=1S/C67H126O6/c1-4-7-10-13-16-19-21-23-25-27-29-31-32-33-34-35-37-38-40-42-44-46-48-51-54-57-60-66(69)72-63-64(62-71-65(68)59-56-53-50-18-15-12-9-6-3)73-67(70)61-58-55-52-49-47-45-43-41-39-36-30-28-26-24-22-20-17-14-11-8-5-2/h22,24,28,30,64H,4-21,23,25-27,29,31-63H2,1-3H3/b24-22-,30-28-. The van der Waals surface area contributed by atoms with Crippen LogP contribution in [-0.2, 0) is 28.6 Å². The molecule has 430 valence electrons. The number of allylic oxidation sites excluding steroid dienone is 4. The van der Waals surface area contributed by atoms with Gasteiger partial charge < -0.3 is 14.2 Å². The van der Waals surface area contributed by atoms with E-state index in [9.17, 15) is 14.4 Å². The fraction of sp³-hybridized carbons (Fsp3) is 0.896. The van der Waals surface area contributed by atoms with Crippen molar-refractivity contribution in [1.29, 1.82) is 0 Å². The molecule has 0 bridgehead atoms. The van der Waals surface area contributed by atoms with E-state index in [1.807, 2.05) is 0 Å². The number of ether oxygens (including phenoxy) is 3. The van der Waals surface area contributed by atoms with Gasteiger partial charge in [0.1, 0.15) is 13.2 Å². The molecule has 0 aliphatic heterocycles. The molecule has 0 fully saturated rings. The Morgan fingerprint density at radius 2 is 0.493 bits per heavy atom. The zero-order valence-electron chi connectivity index (χ0n) is 49.4. The summed E-state index contributed by atoms with van der Waals surface area (Å²) in [5.41, 5.74) is 0. The molecular weight excluding hydrogens is 901 g/mol. The summed E-state index contributed by atoms with van der Waals surface area (Å²) < 4.78 is 16.9. The van der Waals surface area contributed by atoms with E-state index in [0.29, 0.717) is 19.3 Å². The average Bonchev–Trinajstić information content (AvgIpc) is 3.39. The highest BCUT2D eigenvalue weighted by Gasteiger charge is 2.19. The number of esters is 3. The van der Waals surface area contributed by atoms with Crippen LogP contribution in [-0.4, -0.2) is 37.2 Å². The van der Waals surface area contributed by atoms with Crippen LogP contribution in [0.1, 0.15) is 367 Å². The van der Waals surface area contributed by atoms with Crippen LogP contribution in [0.15, 0.2) is 24.3 Å². The quantitative estimate of drug-likeness (QED) is 0.0261. The molecular formula is C67H126O6. The minimum Gasteiger partial charge on any atom is -0.462 e. The topological polar surface area (TPSA) is 78.9 Å². The largest absolute Gasteiger partial charge is 0.462 e. The molecule has 0 amide bonds. The van der Waals surface area contributed by atoms with Crippen LogP contribution in [0.5, 0.6) is 0 Å². The second-order valence-electron chi connectivity index (χ2n) is 22.4. The molecule has 0 spiro atoms. The van der Waals surface area contributed by atoms with Gasteiger partial charge in [-0.25, -0.2) is 0 Å². The lowest BCUT2D eigenvalue weighted by Gasteiger charge is -2.18. The smallest absolute Gasteiger partial charge is 0.306 e. The lowest BCUT2D eigenvalue weighted by Crippen LogP contribution is -2.30. The van der Waals surface area contributed by atoms with Crippen molar-refractivity contribution in [2.45, 2.75) is 374 Å². The molecule has 0 saturated carbocycles. The fourth-order valence-electron chi connectivity index (χ4n) is 10.0. The Kier molecular flexibility index (Phi) is 60.6. The number of carbonyl (C=O) groups is 3. The maximum absolute atomic E-state index is 12.9. The van der Waals surface area contributed by atoms with Crippen LogP contribution in [0.3, 0.4) is 0 Å². The Balaban J connectivity index is 4.10. The molecule has 0 heterocycles. The van der Waals surface area contributed by atoms with Crippen molar-refractivity contribution in [3.63, 3.8) is 0 Å². The summed E-state index contributed by atoms with van der Waals surface area (Å²) in [5, 5.41) is 0. The minimum atomic E-state index is -0.768. The third kappa shape index (κ3) is 60.6. The molecule has 0 rings (SSSR count). The Morgan fingerprint density at radius 1 is 0.274 bits per heavy atom. The van der Waals surface area contributed by atoms with E-state index in [1.165, 1.54) is 263 Å². The lowest BCUT2D eigenvalue weighted by atomic mass is 10.0. The zero-order chi connectivity index (χ0) is 52.9. The molecule has 0 aliphatic carbocycles. The summed E-state index contributed by atoms with van der Waals surface area (Å²) in [6.07, 6.45) is 75.0. The maximum Gasteiger partial charge on any atom is 0.306 e. The number of unbranched alkanes of at least 4 members (excludes halogenated alkanes) is 46. The van der Waals surface area contributed by atoms with Gasteiger partial charge >= 0.3 is 17.9 Å². The molecule has 1 unspecified atom stereocenters. The SMILES string of the molecule is CCCCCCC/C=C\C/C=C\CCCCCCCCCCCC(=O)OC(COC(=O)CCCCCCCCCC)COC(=O)CCCCCCCCCCCCCCCCCCCCCCCCCCCC. The molecule has 0 radical (unpaired) electrons. The number of hydrogen-bond donors (Lipinski definition) is 0. The van der Waals surface area contributed by atoms with Crippen molar-refractivity contribution in [3.05, 3.63) is 24.3 Å². The van der Waals surface area contributed by atoms with E-state index in [0.717, 1.165) is 64.2 Å². The van der Waals surface area contributed by atoms with Gasteiger partial charge in [0.2, 0.25) is 0 Å². The van der Waals surface area contributed by atoms with Crippen molar-refractivity contribution in [2.75, 3.05) is 13.2 Å². The van der Waals surface area contributed by atoms with Crippen molar-refractivity contribution in [3.8, 4) is 0 Å². The van der Waals surface area contributed by atoms with E-state index >= 15 is 0 Å². The minimum absolute atomic E-state index is 0.0674. The van der Waals surface area contributed by atoms with E-state index in [-0.39, 0.29) is 31.1 Å². The van der Waals surface area contributed by atoms with Crippen LogP contribution >= 0.6 is 0 Å². The Labute approximate surface area is 455 Å². The van der Waals surface area contributed by atoms with E-state index in [1.54, 1.807) is 0 Å². The Morgan fingerprint density at radius 3 is 0.753 bits per heavy atom. The number of rotatable bonds is 61. The summed E-state index contributed by atoms with van der Waals surface area (Å²) in [7, 11) is 0. The van der Waals surface area contributed by atoms with Crippen molar-refractivity contribution in [1.82, 2.24) is 0 Å². The van der Waals surface area contributed by atoms with E-state index < -0.39 is 6.10 Å². The molecule has 73 heavy (non-hydrogen) atoms. The van der Waals surface area contributed by atoms with Crippen LogP contribution in [0, 0.1) is 0 Å². The molecule has 0 aromatic heterocycles. The summed E-state index contributed by atoms with van der Waals surface area (Å²) in [5.74, 6) is -0.851. The summed E-state index contributed by atoms with van der Waals surface area (Å²) >= 11 is 0. The first-order valence-electron chi connectivity index (χ1n) is 32.8. The van der Waals surface area contributed by atoms with Crippen molar-refractivity contribution >= 4 is 17.9 Å². The predicted octanol–water partition coefficient (Wildman–Crippen LogP) is 22.2. The molecule has 0 aliphatic rings. The first-order valence-corrected chi connectivity index (χ1v) is 32.8. The van der Waals surface area contributed by atoms with Gasteiger partial charge in [-0.3, -0.25) is 14.4 Å². The molecule has 6 nitrogen and oxygen atoms in total. The van der Waals surface area contributed by atoms with Gasteiger partial charge in [-0.15, -0.1) is 0 Å². The third-order valence-corrected chi connectivity index (χ3v) is 15.0. The molecule has 6 heteroatoms. The van der Waals surface area contributed by atoms with Crippen LogP contribution in [0.4, 0.5) is 0 Å². The highest BCUT2D eigenvalue weighted by atomic mass is 16.6. The third-order valence-electron chi connectivity index (χ3n) is 15.0. The zero-order valence-corrected chi connectivity index (χ0v) is 49.4. The summed E-state index contributed by atoms with van der Waals surface area (Å²) in [4.78, 5) is 38.1. The average molecular weight is 1030 g/mol. The second kappa shape index (κ2) is 62.4. The highest BCUT2D eigenvalue weighted by Crippen LogP contribution is 2.18. The number of carbonyl (C=O) groups excluding carboxylic acids is 3. The molecule has 1 atom stereocenters. The molecule has 0 aromatic carbocycles. The first-order chi connectivity index (χ1) is 36.0. The molecule has 0 N–H and O–H groups in total. The Bertz CT molecular complexity index is 1180. The van der Waals surface area contributed by atoms with Crippen LogP contribution in [0.2, 0.25) is 0 Å². The van der Waals surface area contributed by atoms with Gasteiger partial charge in [0, 0.05) is 19.3 Å². The van der Waals surface area contributed by atoms with Gasteiger partial charge in [0.15, 0.2) is 6.10 Å². The predicted molar refractivity (Wildman–Crippen MR) is 316 cm³/mol. The normalized spacial score (nSPS) is 12.1. The van der Waals surface area contributed by atoms with Crippen LogP contribution in [0.25, 0.3) is 0 Å². The van der Waals surface area contributed by atoms with Gasteiger partial charge in [-0.1, -0.05) is 321 Å². The van der Waals surface area contributed by atoms with Gasteiger partial charge in [-0.2, -0.15) is 0 Å². The fourth-order valence-corrected chi connectivity index (χ4v) is 10.0. The van der Waals surface area contributed by atoms with Gasteiger partial charge in [-0.05, 0) is 51.4 Å². The molecule has 0 saturated heterocycles. The maximum atomic E-state index is 12.9. The molecule has 0 aromatic rings. The highest BCUT2D eigenvalue weighted by molar-refractivity contribution is 5.71. The van der Waals surface area contributed by atoms with Crippen molar-refractivity contribution in [2.24, 2.45) is 0 Å². The van der Waals surface area contributed by atoms with Gasteiger partial charge in [0.25, 0.3) is 0 Å². The summed E-state index contributed by atoms with van der Waals surface area (Å²) in [6, 6.07) is 0. The summed E-state index contributed by atoms with van der Waals surface area (Å²) in [6.45, 7) is 6.66. The van der Waals surface area contributed by atoms with Gasteiger partial charge in [0.05, 0.1) is 0 Å². The number of hydrogen-bond acceptors (Lipinski definition) is 6. The lowest BCUT2D eigenvalue weighted by molar-refractivity contribution is -0.167. The van der Waals surface area contributed by atoms with E-state index in [2.05, 4.69) is 45.1 Å². The Hall–Kier alpha value is -2.11. The van der Waals surface area contributed by atoms with Crippen molar-refractivity contribution < 1.29 is 28.6 Å². The van der Waals surface area contributed by atoms with E-state index in [4.69, 9.17) is 14.2 Å². The monoisotopic (exact) mass is 1030 g/mol. The second-order valence-corrected chi connectivity index (χ2v) is 22.4.